The molecule has 0 bridgehead atoms. The van der Waals surface area contributed by atoms with E-state index in [1.165, 1.54) is 33.7 Å². The Bertz CT molecular complexity index is 2140. The highest BCUT2D eigenvalue weighted by molar-refractivity contribution is 7.99. The zero-order valence-electron chi connectivity index (χ0n) is 24.6. The van der Waals surface area contributed by atoms with Crippen LogP contribution in [0.25, 0.3) is 11.8 Å². The molecule has 45 heavy (non-hydrogen) atoms. The number of ether oxygens (including phenoxy) is 2. The molecule has 0 aliphatic carbocycles. The molecule has 0 unspecified atom stereocenters. The number of esters is 1. The smallest absolute Gasteiger partial charge is 0.338 e. The Balaban J connectivity index is 1.49. The number of nitrogens with zero attached hydrogens (tertiary/aromatic N) is 3. The van der Waals surface area contributed by atoms with Crippen molar-refractivity contribution in [3.05, 3.63) is 131 Å². The zero-order valence-corrected chi connectivity index (χ0v) is 26.2. The van der Waals surface area contributed by atoms with Crippen LogP contribution in [0.5, 0.6) is 5.75 Å². The highest BCUT2D eigenvalue weighted by Crippen LogP contribution is 2.35. The van der Waals surface area contributed by atoms with E-state index >= 15 is 0 Å². The van der Waals surface area contributed by atoms with Gasteiger partial charge < -0.3 is 18.9 Å². The molecular weight excluding hydrogens is 613 g/mol. The topological polar surface area (TPSA) is 129 Å². The Morgan fingerprint density at radius 2 is 1.84 bits per heavy atom. The highest BCUT2D eigenvalue weighted by atomic mass is 32.2. The van der Waals surface area contributed by atoms with E-state index < -0.39 is 12.0 Å². The molecule has 12 heteroatoms. The molecule has 1 N–H and O–H groups in total. The van der Waals surface area contributed by atoms with Crippen LogP contribution in [-0.4, -0.2) is 33.7 Å². The summed E-state index contributed by atoms with van der Waals surface area (Å²) in [6.07, 6.45) is 1.64. The van der Waals surface area contributed by atoms with Gasteiger partial charge in [-0.15, -0.1) is 0 Å². The van der Waals surface area contributed by atoms with Gasteiger partial charge >= 0.3 is 5.97 Å². The summed E-state index contributed by atoms with van der Waals surface area (Å²) in [5.41, 5.74) is 2.14. The number of rotatable bonds is 9. The van der Waals surface area contributed by atoms with Gasteiger partial charge in [0.15, 0.2) is 15.1 Å². The van der Waals surface area contributed by atoms with Crippen molar-refractivity contribution in [1.82, 2.24) is 14.5 Å². The standard InChI is InChI=1S/C33H28N4O6S2/c1-4-41-22-13-11-21(12-14-22)29-27(31(40)42-5-2)28(20-9-7-6-8-10-20)36-33-37(29)30(39)24(44-33)18-23-15-16-26(43-23)45-32-34-19(3)17-25(38)35-32/h6-18,29H,4-5H2,1-3H3,(H,34,35,38)/b24-18-/t29-/m1/s1. The van der Waals surface area contributed by atoms with Crippen molar-refractivity contribution in [3.63, 3.8) is 0 Å². The molecule has 0 saturated heterocycles. The van der Waals surface area contributed by atoms with E-state index in [-0.39, 0.29) is 23.3 Å². The molecule has 6 rings (SSSR count). The van der Waals surface area contributed by atoms with Crippen molar-refractivity contribution in [2.45, 2.75) is 37.1 Å². The minimum atomic E-state index is -0.805. The molecular formula is C33H28N4O6S2. The molecule has 3 aromatic heterocycles. The van der Waals surface area contributed by atoms with Crippen molar-refractivity contribution in [3.8, 4) is 5.75 Å². The predicted molar refractivity (Wildman–Crippen MR) is 171 cm³/mol. The molecule has 2 aromatic carbocycles. The lowest BCUT2D eigenvalue weighted by Gasteiger charge is -2.26. The van der Waals surface area contributed by atoms with Crippen LogP contribution in [0.15, 0.2) is 108 Å². The SMILES string of the molecule is CCOC(=O)C1=C(c2ccccc2)N=c2s/c(=C\c3ccc(Sc4nc(C)cc(=O)[nH]4)o3)c(=O)n2[C@@H]1c1ccc(OCC)cc1. The number of aryl methyl sites for hydroxylation is 1. The number of aromatic nitrogens is 3. The van der Waals surface area contributed by atoms with Crippen LogP contribution in [0, 0.1) is 6.92 Å². The fourth-order valence-electron chi connectivity index (χ4n) is 4.96. The summed E-state index contributed by atoms with van der Waals surface area (Å²) in [5.74, 6) is 0.557. The average molecular weight is 641 g/mol. The summed E-state index contributed by atoms with van der Waals surface area (Å²) >= 11 is 2.37. The fraction of sp³-hybridized carbons (Fsp3) is 0.182. The Morgan fingerprint density at radius 1 is 1.07 bits per heavy atom. The van der Waals surface area contributed by atoms with Crippen molar-refractivity contribution in [2.24, 2.45) is 4.99 Å². The lowest BCUT2D eigenvalue weighted by Crippen LogP contribution is -2.40. The molecule has 0 spiro atoms. The lowest BCUT2D eigenvalue weighted by molar-refractivity contribution is -0.138. The maximum Gasteiger partial charge on any atom is 0.338 e. The van der Waals surface area contributed by atoms with E-state index in [1.54, 1.807) is 32.1 Å². The van der Waals surface area contributed by atoms with Crippen LogP contribution in [-0.2, 0) is 9.53 Å². The number of aromatic amines is 1. The summed E-state index contributed by atoms with van der Waals surface area (Å²) in [7, 11) is 0. The van der Waals surface area contributed by atoms with Crippen LogP contribution < -0.4 is 25.2 Å². The van der Waals surface area contributed by atoms with Crippen molar-refractivity contribution in [2.75, 3.05) is 13.2 Å². The summed E-state index contributed by atoms with van der Waals surface area (Å²) in [6.45, 7) is 6.05. The number of carbonyl (C=O) groups is 1. The van der Waals surface area contributed by atoms with Gasteiger partial charge in [-0.1, -0.05) is 53.8 Å². The summed E-state index contributed by atoms with van der Waals surface area (Å²) < 4.78 is 19.0. The van der Waals surface area contributed by atoms with Gasteiger partial charge in [0, 0.05) is 23.4 Å². The van der Waals surface area contributed by atoms with Crippen LogP contribution in [0.1, 0.15) is 42.5 Å². The molecule has 1 aliphatic heterocycles. The maximum atomic E-state index is 14.1. The van der Waals surface area contributed by atoms with Gasteiger partial charge in [0.2, 0.25) is 0 Å². The van der Waals surface area contributed by atoms with Gasteiger partial charge in [0.25, 0.3) is 11.1 Å². The molecule has 0 saturated carbocycles. The number of furan rings is 1. The average Bonchev–Trinajstić information content (AvgIpc) is 3.59. The van der Waals surface area contributed by atoms with Crippen LogP contribution in [0.2, 0.25) is 0 Å². The molecule has 5 aromatic rings. The third-order valence-corrected chi connectivity index (χ3v) is 8.59. The van der Waals surface area contributed by atoms with E-state index in [2.05, 4.69) is 9.97 Å². The molecule has 1 atom stereocenters. The van der Waals surface area contributed by atoms with Crippen molar-refractivity contribution < 1.29 is 18.7 Å². The first-order chi connectivity index (χ1) is 21.8. The second kappa shape index (κ2) is 13.0. The number of fused-ring (bicyclic) bond motifs is 1. The van der Waals surface area contributed by atoms with Gasteiger partial charge in [-0.05, 0) is 62.4 Å². The quantitative estimate of drug-likeness (QED) is 0.185. The minimum absolute atomic E-state index is 0.162. The van der Waals surface area contributed by atoms with Gasteiger partial charge in [0.1, 0.15) is 11.5 Å². The first kappa shape index (κ1) is 30.1. The second-order valence-electron chi connectivity index (χ2n) is 9.88. The third kappa shape index (κ3) is 6.33. The maximum absolute atomic E-state index is 14.1. The Kier molecular flexibility index (Phi) is 8.67. The largest absolute Gasteiger partial charge is 0.494 e. The molecule has 0 fully saturated rings. The lowest BCUT2D eigenvalue weighted by atomic mass is 9.93. The molecule has 228 valence electrons. The van der Waals surface area contributed by atoms with E-state index in [1.807, 2.05) is 61.5 Å². The number of hydrogen-bond acceptors (Lipinski definition) is 10. The van der Waals surface area contributed by atoms with E-state index in [4.69, 9.17) is 18.9 Å². The Morgan fingerprint density at radius 3 is 2.56 bits per heavy atom. The first-order valence-electron chi connectivity index (χ1n) is 14.2. The third-order valence-electron chi connectivity index (χ3n) is 6.80. The Hall–Kier alpha value is -4.94. The van der Waals surface area contributed by atoms with Gasteiger partial charge in [-0.25, -0.2) is 14.8 Å². The predicted octanol–water partition coefficient (Wildman–Crippen LogP) is 4.47. The van der Waals surface area contributed by atoms with E-state index in [9.17, 15) is 14.4 Å². The normalized spacial score (nSPS) is 14.6. The highest BCUT2D eigenvalue weighted by Gasteiger charge is 2.35. The van der Waals surface area contributed by atoms with Crippen molar-refractivity contribution in [1.29, 1.82) is 0 Å². The molecule has 0 amide bonds. The van der Waals surface area contributed by atoms with Gasteiger partial charge in [-0.2, -0.15) is 0 Å². The number of H-pyrrole nitrogens is 1. The van der Waals surface area contributed by atoms with Gasteiger partial charge in [0.05, 0.1) is 35.1 Å². The van der Waals surface area contributed by atoms with E-state index in [0.29, 0.717) is 54.7 Å². The molecule has 1 aliphatic rings. The van der Waals surface area contributed by atoms with Crippen molar-refractivity contribution >= 4 is 40.8 Å². The second-order valence-corrected chi connectivity index (χ2v) is 11.9. The first-order valence-corrected chi connectivity index (χ1v) is 15.8. The summed E-state index contributed by atoms with van der Waals surface area (Å²) in [5, 5.41) is 0.890. The van der Waals surface area contributed by atoms with Gasteiger partial charge in [-0.3, -0.25) is 14.2 Å². The number of hydrogen-bond donors (Lipinski definition) is 1. The Labute approximate surface area is 265 Å². The fourth-order valence-corrected chi connectivity index (χ4v) is 6.75. The monoisotopic (exact) mass is 640 g/mol. The molecule has 10 nitrogen and oxygen atoms in total. The zero-order chi connectivity index (χ0) is 31.5. The van der Waals surface area contributed by atoms with Crippen LogP contribution >= 0.6 is 23.1 Å². The minimum Gasteiger partial charge on any atom is -0.494 e. The molecule has 4 heterocycles. The molecule has 0 radical (unpaired) electrons. The number of nitrogens with one attached hydrogen (secondary N) is 1. The summed E-state index contributed by atoms with van der Waals surface area (Å²) in [6, 6.07) is 20.8. The van der Waals surface area contributed by atoms with Crippen LogP contribution in [0.3, 0.4) is 0 Å². The van der Waals surface area contributed by atoms with Crippen LogP contribution in [0.4, 0.5) is 0 Å². The number of carbonyl (C=O) groups excluding carboxylic acids is 1. The summed E-state index contributed by atoms with van der Waals surface area (Å²) in [4.78, 5) is 51.9. The van der Waals surface area contributed by atoms with E-state index in [0.717, 1.165) is 5.56 Å². The number of thiazole rings is 1. The number of benzene rings is 2.